The smallest absolute Gasteiger partial charge is 0.406 e. The average Bonchev–Trinajstić information content (AvgIpc) is 3.67. The van der Waals surface area contributed by atoms with E-state index in [4.69, 9.17) is 0 Å². The Morgan fingerprint density at radius 1 is 1.14 bits per heavy atom. The van der Waals surface area contributed by atoms with E-state index in [-0.39, 0.29) is 11.3 Å². The Kier molecular flexibility index (Phi) is 9.55. The molecule has 1 unspecified atom stereocenters. The standard InChI is InChI=1S/C31H30F4N6O2S/c1-3-4-22-6-5-20(2)17-27(22)40-15-16-44-30(40)38-29(42)36-18-26(32)21-7-9-23(10-8-21)28-37-19-41(39-28)24-11-13-25(14-12-24)43-31(33,34)35/h5-14,17-19,29,36,42H,3-4,15-16H2,1-2H3/b26-18-,38-30?. The Bertz CT molecular complexity index is 1640. The summed E-state index contributed by atoms with van der Waals surface area (Å²) >= 11 is 1.54. The number of hydrogen-bond donors (Lipinski definition) is 2. The predicted octanol–water partition coefficient (Wildman–Crippen LogP) is 6.84. The lowest BCUT2D eigenvalue weighted by atomic mass is 10.0. The van der Waals surface area contributed by atoms with E-state index in [0.717, 1.165) is 42.6 Å². The number of anilines is 1. The number of thioether (sulfide) groups is 1. The second-order valence-corrected chi connectivity index (χ2v) is 11.0. The van der Waals surface area contributed by atoms with Crippen molar-refractivity contribution in [1.82, 2.24) is 20.1 Å². The summed E-state index contributed by atoms with van der Waals surface area (Å²) in [5.74, 6) is 0.229. The van der Waals surface area contributed by atoms with E-state index in [0.29, 0.717) is 22.2 Å². The van der Waals surface area contributed by atoms with Crippen molar-refractivity contribution in [2.75, 3.05) is 17.2 Å². The van der Waals surface area contributed by atoms with Crippen LogP contribution < -0.4 is 15.0 Å². The van der Waals surface area contributed by atoms with Crippen molar-refractivity contribution < 1.29 is 27.4 Å². The van der Waals surface area contributed by atoms with E-state index < -0.39 is 18.5 Å². The highest BCUT2D eigenvalue weighted by Gasteiger charge is 2.31. The first-order chi connectivity index (χ1) is 21.1. The number of alkyl halides is 3. The van der Waals surface area contributed by atoms with Crippen molar-refractivity contribution in [2.24, 2.45) is 4.99 Å². The molecule has 1 aliphatic rings. The van der Waals surface area contributed by atoms with E-state index in [1.165, 1.54) is 40.8 Å². The fraction of sp³-hybridized carbons (Fsp3) is 0.258. The molecule has 8 nitrogen and oxygen atoms in total. The summed E-state index contributed by atoms with van der Waals surface area (Å²) in [5, 5.41) is 18.2. The highest BCUT2D eigenvalue weighted by molar-refractivity contribution is 8.14. The molecule has 0 bridgehead atoms. The van der Waals surface area contributed by atoms with Gasteiger partial charge in [-0.2, -0.15) is 0 Å². The molecule has 1 atom stereocenters. The van der Waals surface area contributed by atoms with Crippen LogP contribution in [0.1, 0.15) is 30.0 Å². The molecule has 5 rings (SSSR count). The molecule has 2 N–H and O–H groups in total. The summed E-state index contributed by atoms with van der Waals surface area (Å²) in [6.45, 7) is 4.95. The number of rotatable bonds is 10. The van der Waals surface area contributed by atoms with Crippen molar-refractivity contribution in [3.8, 4) is 22.8 Å². The van der Waals surface area contributed by atoms with E-state index in [9.17, 15) is 22.7 Å². The van der Waals surface area contributed by atoms with Crippen LogP contribution in [0.4, 0.5) is 23.2 Å². The molecular formula is C31H30F4N6O2S. The normalized spacial score (nSPS) is 15.6. The van der Waals surface area contributed by atoms with Gasteiger partial charge in [-0.25, -0.2) is 19.0 Å². The van der Waals surface area contributed by atoms with E-state index in [1.54, 1.807) is 36.0 Å². The maximum atomic E-state index is 14.9. The number of hydrogen-bond acceptors (Lipinski definition) is 7. The summed E-state index contributed by atoms with van der Waals surface area (Å²) in [7, 11) is 0. The van der Waals surface area contributed by atoms with Gasteiger partial charge in [0.15, 0.2) is 11.0 Å². The van der Waals surface area contributed by atoms with Crippen LogP contribution >= 0.6 is 11.8 Å². The molecule has 0 aliphatic carbocycles. The van der Waals surface area contributed by atoms with Gasteiger partial charge in [-0.15, -0.1) is 18.3 Å². The number of nitrogens with one attached hydrogen (secondary N) is 1. The van der Waals surface area contributed by atoms with Gasteiger partial charge >= 0.3 is 6.36 Å². The summed E-state index contributed by atoms with van der Waals surface area (Å²) in [6.07, 6.45) is -1.67. The second-order valence-electron chi connectivity index (χ2n) is 9.96. The number of ether oxygens (including phenoxy) is 1. The van der Waals surface area contributed by atoms with Gasteiger partial charge in [0.2, 0.25) is 6.35 Å². The fourth-order valence-corrected chi connectivity index (χ4v) is 5.59. The third-order valence-electron chi connectivity index (χ3n) is 6.67. The lowest BCUT2D eigenvalue weighted by Crippen LogP contribution is -2.29. The minimum atomic E-state index is -4.77. The van der Waals surface area contributed by atoms with Crippen LogP contribution in [0.2, 0.25) is 0 Å². The van der Waals surface area contributed by atoms with Crippen molar-refractivity contribution in [3.63, 3.8) is 0 Å². The number of aliphatic imine (C=N–C) groups is 1. The molecule has 1 aromatic heterocycles. The average molecular weight is 627 g/mol. The molecule has 230 valence electrons. The first-order valence-electron chi connectivity index (χ1n) is 13.9. The van der Waals surface area contributed by atoms with E-state index >= 15 is 0 Å². The number of aromatic nitrogens is 3. The molecule has 13 heteroatoms. The summed E-state index contributed by atoms with van der Waals surface area (Å²) in [6, 6.07) is 17.9. The van der Waals surface area contributed by atoms with Gasteiger partial charge in [-0.05, 0) is 54.8 Å². The largest absolute Gasteiger partial charge is 0.573 e. The number of halogens is 4. The zero-order valence-electron chi connectivity index (χ0n) is 23.9. The topological polar surface area (TPSA) is 87.8 Å². The number of aliphatic hydroxyl groups is 1. The molecule has 0 amide bonds. The maximum absolute atomic E-state index is 14.9. The van der Waals surface area contributed by atoms with E-state index in [2.05, 4.69) is 55.2 Å². The van der Waals surface area contributed by atoms with Gasteiger partial charge in [-0.3, -0.25) is 0 Å². The van der Waals surface area contributed by atoms with Crippen LogP contribution in [0.25, 0.3) is 22.9 Å². The highest BCUT2D eigenvalue weighted by atomic mass is 32.2. The van der Waals surface area contributed by atoms with Gasteiger partial charge in [0.25, 0.3) is 0 Å². The van der Waals surface area contributed by atoms with Gasteiger partial charge < -0.3 is 20.1 Å². The van der Waals surface area contributed by atoms with Crippen molar-refractivity contribution >= 4 is 28.4 Å². The van der Waals surface area contributed by atoms with Gasteiger partial charge in [0.1, 0.15) is 17.9 Å². The second kappa shape index (κ2) is 13.5. The Labute approximate surface area is 256 Å². The van der Waals surface area contributed by atoms with Crippen molar-refractivity contribution in [3.05, 3.63) is 95.9 Å². The summed E-state index contributed by atoms with van der Waals surface area (Å²) in [5.41, 5.74) is 4.80. The molecule has 44 heavy (non-hydrogen) atoms. The Morgan fingerprint density at radius 2 is 1.89 bits per heavy atom. The van der Waals surface area contributed by atoms with Crippen molar-refractivity contribution in [1.29, 1.82) is 0 Å². The minimum absolute atomic E-state index is 0.265. The van der Waals surface area contributed by atoms with Gasteiger partial charge in [0, 0.05) is 35.3 Å². The van der Waals surface area contributed by atoms with E-state index in [1.807, 2.05) is 6.92 Å². The van der Waals surface area contributed by atoms with Crippen LogP contribution in [0.5, 0.6) is 5.75 Å². The number of benzene rings is 3. The first-order valence-corrected chi connectivity index (χ1v) is 14.8. The number of aliphatic hydroxyl groups excluding tert-OH is 1. The van der Waals surface area contributed by atoms with Crippen LogP contribution in [-0.2, 0) is 6.42 Å². The quantitative estimate of drug-likeness (QED) is 0.147. The van der Waals surface area contributed by atoms with Crippen LogP contribution in [0.15, 0.2) is 84.2 Å². The first kappa shape index (κ1) is 31.1. The summed E-state index contributed by atoms with van der Waals surface area (Å²) < 4.78 is 57.4. The fourth-order valence-electron chi connectivity index (χ4n) is 4.61. The molecular weight excluding hydrogens is 596 g/mol. The zero-order chi connectivity index (χ0) is 31.3. The maximum Gasteiger partial charge on any atom is 0.573 e. The van der Waals surface area contributed by atoms with Gasteiger partial charge in [-0.1, -0.05) is 61.5 Å². The predicted molar refractivity (Wildman–Crippen MR) is 164 cm³/mol. The molecule has 0 saturated carbocycles. The highest BCUT2D eigenvalue weighted by Crippen LogP contribution is 2.31. The monoisotopic (exact) mass is 626 g/mol. The SMILES string of the molecule is CCCc1ccc(C)cc1N1CCSC1=NC(O)N/C=C(\F)c1ccc(-c2ncn(-c3ccc(OC(F)(F)F)cc3)n2)cc1. The molecule has 1 saturated heterocycles. The number of nitrogens with zero attached hydrogens (tertiary/aromatic N) is 5. The number of aryl methyl sites for hydroxylation is 2. The van der Waals surface area contributed by atoms with Crippen LogP contribution in [0, 0.1) is 6.92 Å². The molecule has 1 aliphatic heterocycles. The third-order valence-corrected chi connectivity index (χ3v) is 7.64. The lowest BCUT2D eigenvalue weighted by molar-refractivity contribution is -0.274. The van der Waals surface area contributed by atoms with Gasteiger partial charge in [0.05, 0.1) is 5.69 Å². The Hall–Kier alpha value is -4.36. The lowest BCUT2D eigenvalue weighted by Gasteiger charge is -2.23. The van der Waals surface area contributed by atoms with Crippen molar-refractivity contribution in [2.45, 2.75) is 39.4 Å². The minimum Gasteiger partial charge on any atom is -0.406 e. The Balaban J connectivity index is 1.22. The molecule has 0 radical (unpaired) electrons. The van der Waals surface area contributed by atoms with Crippen LogP contribution in [-0.4, -0.2) is 50.1 Å². The molecule has 3 aromatic carbocycles. The molecule has 1 fully saturated rings. The zero-order valence-corrected chi connectivity index (χ0v) is 24.7. The third kappa shape index (κ3) is 7.77. The van der Waals surface area contributed by atoms with Crippen LogP contribution in [0.3, 0.4) is 0 Å². The molecule has 0 spiro atoms. The molecule has 2 heterocycles. The Morgan fingerprint density at radius 3 is 2.59 bits per heavy atom. The molecule has 4 aromatic rings. The number of amidine groups is 1. The summed E-state index contributed by atoms with van der Waals surface area (Å²) in [4.78, 5) is 10.7.